The van der Waals surface area contributed by atoms with E-state index in [1.165, 1.54) is 18.2 Å². The molecule has 2 rings (SSSR count). The van der Waals surface area contributed by atoms with Crippen LogP contribution < -0.4 is 0 Å². The maximum atomic E-state index is 13.2. The first kappa shape index (κ1) is 14.4. The van der Waals surface area contributed by atoms with Gasteiger partial charge in [0, 0.05) is 37.7 Å². The summed E-state index contributed by atoms with van der Waals surface area (Å²) in [4.78, 5) is 16.6. The minimum atomic E-state index is -0.429. The van der Waals surface area contributed by atoms with Crippen molar-refractivity contribution in [2.45, 2.75) is 12.5 Å². The maximum absolute atomic E-state index is 13.2. The van der Waals surface area contributed by atoms with E-state index in [0.29, 0.717) is 11.4 Å². The number of benzene rings is 1. The number of halogens is 2. The molecule has 0 amide bonds. The normalized spacial score (nSPS) is 21.6. The Balaban J connectivity index is 2.10. The zero-order valence-electron chi connectivity index (χ0n) is 11.2. The predicted octanol–water partition coefficient (Wildman–Crippen LogP) is 2.30. The first-order valence-corrected chi connectivity index (χ1v) is 6.72. The van der Waals surface area contributed by atoms with Gasteiger partial charge in [-0.1, -0.05) is 11.6 Å². The van der Waals surface area contributed by atoms with Crippen molar-refractivity contribution in [3.8, 4) is 0 Å². The number of ketones is 1. The molecule has 1 aliphatic heterocycles. The Labute approximate surface area is 117 Å². The van der Waals surface area contributed by atoms with Gasteiger partial charge in [-0.25, -0.2) is 4.39 Å². The van der Waals surface area contributed by atoms with Gasteiger partial charge in [-0.15, -0.1) is 0 Å². The molecule has 0 N–H and O–H groups in total. The Morgan fingerprint density at radius 2 is 2.16 bits per heavy atom. The molecular weight excluding hydrogens is 267 g/mol. The summed E-state index contributed by atoms with van der Waals surface area (Å²) in [6, 6.07) is 4.07. The fourth-order valence-electron chi connectivity index (χ4n) is 2.36. The van der Waals surface area contributed by atoms with Crippen LogP contribution in [0.25, 0.3) is 0 Å². The third-order valence-corrected chi connectivity index (χ3v) is 3.96. The molecule has 3 nitrogen and oxygen atoms in total. The molecule has 1 heterocycles. The van der Waals surface area contributed by atoms with E-state index < -0.39 is 5.82 Å². The standard InChI is InChI=1S/C14H18ClFN2O/c1-17-5-6-18(2)11(9-17)8-14(19)12-7-10(16)3-4-13(12)15/h3-4,7,11H,5-6,8-9H2,1-2H3. The van der Waals surface area contributed by atoms with Gasteiger partial charge in [-0.3, -0.25) is 4.79 Å². The van der Waals surface area contributed by atoms with Crippen molar-refractivity contribution in [3.63, 3.8) is 0 Å². The molecule has 1 atom stereocenters. The Morgan fingerprint density at radius 1 is 1.42 bits per heavy atom. The van der Waals surface area contributed by atoms with Crippen molar-refractivity contribution >= 4 is 17.4 Å². The number of carbonyl (C=O) groups excluding carboxylic acids is 1. The lowest BCUT2D eigenvalue weighted by Gasteiger charge is -2.37. The molecule has 0 spiro atoms. The van der Waals surface area contributed by atoms with Crippen LogP contribution in [0.4, 0.5) is 4.39 Å². The molecule has 0 aliphatic carbocycles. The van der Waals surface area contributed by atoms with Crippen LogP contribution in [0.5, 0.6) is 0 Å². The van der Waals surface area contributed by atoms with E-state index in [2.05, 4.69) is 9.80 Å². The maximum Gasteiger partial charge on any atom is 0.166 e. The van der Waals surface area contributed by atoms with Crippen molar-refractivity contribution in [2.24, 2.45) is 0 Å². The number of likely N-dealkylation sites (N-methyl/N-ethyl adjacent to an activating group) is 2. The lowest BCUT2D eigenvalue weighted by molar-refractivity contribution is 0.0810. The molecule has 1 fully saturated rings. The predicted molar refractivity (Wildman–Crippen MR) is 74.3 cm³/mol. The van der Waals surface area contributed by atoms with Crippen LogP contribution in [0.3, 0.4) is 0 Å². The largest absolute Gasteiger partial charge is 0.304 e. The highest BCUT2D eigenvalue weighted by molar-refractivity contribution is 6.33. The molecule has 0 radical (unpaired) electrons. The van der Waals surface area contributed by atoms with E-state index in [0.717, 1.165) is 19.6 Å². The van der Waals surface area contributed by atoms with Crippen molar-refractivity contribution < 1.29 is 9.18 Å². The summed E-state index contributed by atoms with van der Waals surface area (Å²) in [7, 11) is 4.05. The molecule has 0 saturated carbocycles. The van der Waals surface area contributed by atoms with Gasteiger partial charge < -0.3 is 9.80 Å². The fourth-order valence-corrected chi connectivity index (χ4v) is 2.58. The summed E-state index contributed by atoms with van der Waals surface area (Å²) < 4.78 is 13.2. The SMILES string of the molecule is CN1CCN(C)C(CC(=O)c2cc(F)ccc2Cl)C1. The number of Topliss-reactive ketones (excluding diaryl/α,β-unsaturated/α-hetero) is 1. The van der Waals surface area contributed by atoms with Crippen molar-refractivity contribution in [3.05, 3.63) is 34.6 Å². The van der Waals surface area contributed by atoms with Gasteiger partial charge in [0.25, 0.3) is 0 Å². The highest BCUT2D eigenvalue weighted by Gasteiger charge is 2.25. The van der Waals surface area contributed by atoms with Gasteiger partial charge in [0.05, 0.1) is 5.02 Å². The van der Waals surface area contributed by atoms with Gasteiger partial charge in [-0.05, 0) is 32.3 Å². The Hall–Kier alpha value is -0.970. The van der Waals surface area contributed by atoms with Crippen LogP contribution >= 0.6 is 11.6 Å². The number of hydrogen-bond acceptors (Lipinski definition) is 3. The summed E-state index contributed by atoms with van der Waals surface area (Å²) in [6.45, 7) is 2.78. The van der Waals surface area contributed by atoms with Gasteiger partial charge in [0.1, 0.15) is 5.82 Å². The topological polar surface area (TPSA) is 23.6 Å². The zero-order valence-corrected chi connectivity index (χ0v) is 12.0. The monoisotopic (exact) mass is 284 g/mol. The zero-order chi connectivity index (χ0) is 14.0. The highest BCUT2D eigenvalue weighted by atomic mass is 35.5. The van der Waals surface area contributed by atoms with Crippen molar-refractivity contribution in [1.29, 1.82) is 0 Å². The number of nitrogens with zero attached hydrogens (tertiary/aromatic N) is 2. The van der Waals surface area contributed by atoms with Crippen LogP contribution in [0, 0.1) is 5.82 Å². The molecule has 1 aromatic rings. The van der Waals surface area contributed by atoms with E-state index in [9.17, 15) is 9.18 Å². The Morgan fingerprint density at radius 3 is 2.89 bits per heavy atom. The average molecular weight is 285 g/mol. The van der Waals surface area contributed by atoms with E-state index >= 15 is 0 Å². The Kier molecular flexibility index (Phi) is 4.55. The summed E-state index contributed by atoms with van der Waals surface area (Å²) in [5.74, 6) is -0.529. The average Bonchev–Trinajstić information content (AvgIpc) is 2.36. The van der Waals surface area contributed by atoms with Gasteiger partial charge >= 0.3 is 0 Å². The number of hydrogen-bond donors (Lipinski definition) is 0. The quantitative estimate of drug-likeness (QED) is 0.796. The summed E-state index contributed by atoms with van der Waals surface area (Å²) >= 11 is 5.96. The van der Waals surface area contributed by atoms with Crippen LogP contribution in [-0.2, 0) is 0 Å². The Bertz CT molecular complexity index is 481. The molecule has 104 valence electrons. The molecule has 1 saturated heterocycles. The van der Waals surface area contributed by atoms with Gasteiger partial charge in [0.2, 0.25) is 0 Å². The molecule has 0 bridgehead atoms. The van der Waals surface area contributed by atoms with Crippen molar-refractivity contribution in [1.82, 2.24) is 9.80 Å². The number of piperazine rings is 1. The summed E-state index contributed by atoms with van der Waals surface area (Å²) in [6.07, 6.45) is 0.365. The summed E-state index contributed by atoms with van der Waals surface area (Å²) in [5.41, 5.74) is 0.281. The van der Waals surface area contributed by atoms with E-state index in [1.54, 1.807) is 0 Å². The smallest absolute Gasteiger partial charge is 0.166 e. The van der Waals surface area contributed by atoms with Crippen LogP contribution in [0.15, 0.2) is 18.2 Å². The van der Waals surface area contributed by atoms with Crippen LogP contribution in [0.1, 0.15) is 16.8 Å². The van der Waals surface area contributed by atoms with E-state index in [-0.39, 0.29) is 17.4 Å². The summed E-state index contributed by atoms with van der Waals surface area (Å²) in [5, 5.41) is 0.318. The fraction of sp³-hybridized carbons (Fsp3) is 0.500. The molecule has 1 aromatic carbocycles. The van der Waals surface area contributed by atoms with Crippen LogP contribution in [-0.4, -0.2) is 55.4 Å². The number of rotatable bonds is 3. The lowest BCUT2D eigenvalue weighted by Crippen LogP contribution is -2.50. The highest BCUT2D eigenvalue weighted by Crippen LogP contribution is 2.21. The third kappa shape index (κ3) is 3.53. The molecule has 1 unspecified atom stereocenters. The lowest BCUT2D eigenvalue weighted by atomic mass is 10.0. The van der Waals surface area contributed by atoms with Gasteiger partial charge in [0.15, 0.2) is 5.78 Å². The third-order valence-electron chi connectivity index (χ3n) is 3.63. The molecule has 5 heteroatoms. The minimum absolute atomic E-state index is 0.100. The van der Waals surface area contributed by atoms with Gasteiger partial charge in [-0.2, -0.15) is 0 Å². The second kappa shape index (κ2) is 5.99. The van der Waals surface area contributed by atoms with Crippen LogP contribution in [0.2, 0.25) is 5.02 Å². The molecular formula is C14H18ClFN2O. The first-order valence-electron chi connectivity index (χ1n) is 6.34. The molecule has 0 aromatic heterocycles. The van der Waals surface area contributed by atoms with E-state index in [4.69, 9.17) is 11.6 Å². The number of carbonyl (C=O) groups is 1. The van der Waals surface area contributed by atoms with Crippen molar-refractivity contribution in [2.75, 3.05) is 33.7 Å². The minimum Gasteiger partial charge on any atom is -0.304 e. The molecule has 19 heavy (non-hydrogen) atoms. The molecule has 1 aliphatic rings. The second-order valence-corrected chi connectivity index (χ2v) is 5.56. The van der Waals surface area contributed by atoms with E-state index in [1.807, 2.05) is 14.1 Å². The first-order chi connectivity index (χ1) is 8.97. The second-order valence-electron chi connectivity index (χ2n) is 5.15.